The third kappa shape index (κ3) is 3.64. The van der Waals surface area contributed by atoms with E-state index in [0.717, 1.165) is 12.8 Å². The minimum Gasteiger partial charge on any atom is -0.329 e. The fraction of sp³-hybridized carbons (Fsp3) is 0.786. The molecule has 0 radical (unpaired) electrons. The van der Waals surface area contributed by atoms with Gasteiger partial charge >= 0.3 is 0 Å². The fourth-order valence-corrected chi connectivity index (χ4v) is 4.27. The Labute approximate surface area is 127 Å². The monoisotopic (exact) mass is 314 g/mol. The summed E-state index contributed by atoms with van der Waals surface area (Å²) in [6, 6.07) is 0. The average Bonchev–Trinajstić information content (AvgIpc) is 2.88. The van der Waals surface area contributed by atoms with Crippen LogP contribution in [0.3, 0.4) is 0 Å². The summed E-state index contributed by atoms with van der Waals surface area (Å²) in [4.78, 5) is 0.269. The lowest BCUT2D eigenvalue weighted by atomic mass is 9.76. The van der Waals surface area contributed by atoms with Gasteiger partial charge in [-0.15, -0.1) is 0 Å². The first kappa shape index (κ1) is 16.5. The maximum atomic E-state index is 12.6. The van der Waals surface area contributed by atoms with Crippen LogP contribution in [0, 0.1) is 11.3 Å². The summed E-state index contributed by atoms with van der Waals surface area (Å²) in [5.74, 6) is 0.573. The second kappa shape index (κ2) is 6.06. The second-order valence-electron chi connectivity index (χ2n) is 6.77. The summed E-state index contributed by atoms with van der Waals surface area (Å²) in [5, 5.41) is 4.05. The molecule has 2 rings (SSSR count). The topological polar surface area (TPSA) is 81.2 Å². The zero-order chi connectivity index (χ0) is 15.7. The molecule has 0 aliphatic carbocycles. The largest absolute Gasteiger partial charge is 0.329 e. The van der Waals surface area contributed by atoms with Crippen molar-refractivity contribution in [3.05, 3.63) is 12.4 Å². The van der Waals surface area contributed by atoms with Crippen molar-refractivity contribution in [2.24, 2.45) is 17.1 Å². The molecule has 0 saturated carbocycles. The SMILES string of the molecule is CC(C)(C)C1CCN(S(=O)(=O)c2cnn(CCN)c2)CC1. The molecule has 0 unspecified atom stereocenters. The second-order valence-corrected chi connectivity index (χ2v) is 8.71. The number of piperidine rings is 1. The van der Waals surface area contributed by atoms with Crippen molar-refractivity contribution >= 4 is 10.0 Å². The van der Waals surface area contributed by atoms with Crippen LogP contribution in [0.4, 0.5) is 0 Å². The highest BCUT2D eigenvalue weighted by molar-refractivity contribution is 7.89. The molecule has 1 fully saturated rings. The van der Waals surface area contributed by atoms with Crippen LogP contribution < -0.4 is 5.73 Å². The summed E-state index contributed by atoms with van der Waals surface area (Å²) in [6.07, 6.45) is 4.82. The van der Waals surface area contributed by atoms with Crippen LogP contribution >= 0.6 is 0 Å². The highest BCUT2D eigenvalue weighted by Gasteiger charge is 2.34. The van der Waals surface area contributed by atoms with Crippen molar-refractivity contribution in [2.45, 2.75) is 45.1 Å². The van der Waals surface area contributed by atoms with Gasteiger partial charge in [0.1, 0.15) is 4.90 Å². The van der Waals surface area contributed by atoms with Crippen LogP contribution in [0.25, 0.3) is 0 Å². The zero-order valence-corrected chi connectivity index (χ0v) is 13.9. The Morgan fingerprint density at radius 2 is 1.95 bits per heavy atom. The minimum absolute atomic E-state index is 0.238. The highest BCUT2D eigenvalue weighted by atomic mass is 32.2. The van der Waals surface area contributed by atoms with Crippen LogP contribution in [-0.2, 0) is 16.6 Å². The van der Waals surface area contributed by atoms with Crippen LogP contribution in [0.5, 0.6) is 0 Å². The van der Waals surface area contributed by atoms with Crippen molar-refractivity contribution < 1.29 is 8.42 Å². The molecule has 1 aromatic heterocycles. The van der Waals surface area contributed by atoms with Gasteiger partial charge in [0.05, 0.1) is 12.7 Å². The molecule has 1 aliphatic rings. The molecule has 2 heterocycles. The molecule has 0 bridgehead atoms. The maximum Gasteiger partial charge on any atom is 0.246 e. The predicted molar refractivity (Wildman–Crippen MR) is 82.2 cm³/mol. The van der Waals surface area contributed by atoms with Gasteiger partial charge in [-0.25, -0.2) is 8.42 Å². The van der Waals surface area contributed by atoms with E-state index < -0.39 is 10.0 Å². The van der Waals surface area contributed by atoms with Gasteiger partial charge in [-0.3, -0.25) is 4.68 Å². The third-order valence-electron chi connectivity index (χ3n) is 4.28. The molecule has 0 aromatic carbocycles. The molecule has 0 amide bonds. The van der Waals surface area contributed by atoms with E-state index in [2.05, 4.69) is 25.9 Å². The Balaban J connectivity index is 2.07. The number of nitrogens with two attached hydrogens (primary N) is 1. The number of sulfonamides is 1. The van der Waals surface area contributed by atoms with Gasteiger partial charge in [0.25, 0.3) is 0 Å². The predicted octanol–water partition coefficient (Wildman–Crippen LogP) is 1.29. The fourth-order valence-electron chi connectivity index (χ4n) is 2.84. The van der Waals surface area contributed by atoms with Gasteiger partial charge in [-0.2, -0.15) is 9.40 Å². The van der Waals surface area contributed by atoms with Crippen LogP contribution in [0.1, 0.15) is 33.6 Å². The standard InChI is InChI=1S/C14H26N4O2S/c1-14(2,3)12-4-7-18(8-5-12)21(19,20)13-10-16-17(11-13)9-6-15/h10-12H,4-9,15H2,1-3H3. The Hall–Kier alpha value is -0.920. The first-order valence-electron chi connectivity index (χ1n) is 7.48. The number of nitrogens with zero attached hydrogens (tertiary/aromatic N) is 3. The molecule has 120 valence electrons. The summed E-state index contributed by atoms with van der Waals surface area (Å²) in [6.45, 7) is 8.81. The Morgan fingerprint density at radius 3 is 2.48 bits per heavy atom. The average molecular weight is 314 g/mol. The van der Waals surface area contributed by atoms with E-state index in [-0.39, 0.29) is 10.3 Å². The first-order valence-corrected chi connectivity index (χ1v) is 8.92. The number of hydrogen-bond donors (Lipinski definition) is 1. The molecule has 0 spiro atoms. The van der Waals surface area contributed by atoms with E-state index in [0.29, 0.717) is 32.1 Å². The number of hydrogen-bond acceptors (Lipinski definition) is 4. The molecule has 1 saturated heterocycles. The summed E-state index contributed by atoms with van der Waals surface area (Å²) in [7, 11) is -3.42. The van der Waals surface area contributed by atoms with E-state index in [4.69, 9.17) is 5.73 Å². The lowest BCUT2D eigenvalue weighted by Crippen LogP contribution is -2.41. The molecule has 6 nitrogen and oxygen atoms in total. The van der Waals surface area contributed by atoms with Crippen LogP contribution in [-0.4, -0.2) is 42.1 Å². The van der Waals surface area contributed by atoms with Crippen LogP contribution in [0.15, 0.2) is 17.3 Å². The van der Waals surface area contributed by atoms with E-state index in [1.54, 1.807) is 15.2 Å². The number of rotatable bonds is 4. The van der Waals surface area contributed by atoms with Crippen molar-refractivity contribution in [1.29, 1.82) is 0 Å². The van der Waals surface area contributed by atoms with E-state index in [9.17, 15) is 8.42 Å². The summed E-state index contributed by atoms with van der Waals surface area (Å²) >= 11 is 0. The lowest BCUT2D eigenvalue weighted by molar-refractivity contribution is 0.154. The molecule has 21 heavy (non-hydrogen) atoms. The molecule has 7 heteroatoms. The van der Waals surface area contributed by atoms with Gasteiger partial charge in [-0.1, -0.05) is 20.8 Å². The Bertz CT molecular complexity index is 566. The normalized spacial score (nSPS) is 19.0. The molecule has 1 aliphatic heterocycles. The van der Waals surface area contributed by atoms with Crippen molar-refractivity contribution in [3.8, 4) is 0 Å². The van der Waals surface area contributed by atoms with Gasteiger partial charge in [0.2, 0.25) is 10.0 Å². The first-order chi connectivity index (χ1) is 9.75. The molecular formula is C14H26N4O2S. The molecule has 1 aromatic rings. The number of aromatic nitrogens is 2. The van der Waals surface area contributed by atoms with Crippen molar-refractivity contribution in [3.63, 3.8) is 0 Å². The smallest absolute Gasteiger partial charge is 0.246 e. The highest BCUT2D eigenvalue weighted by Crippen LogP contribution is 2.35. The maximum absolute atomic E-state index is 12.6. The molecular weight excluding hydrogens is 288 g/mol. The van der Waals surface area contributed by atoms with Gasteiger partial charge in [0.15, 0.2) is 0 Å². The third-order valence-corrected chi connectivity index (χ3v) is 6.14. The molecule has 0 atom stereocenters. The Morgan fingerprint density at radius 1 is 1.33 bits per heavy atom. The van der Waals surface area contributed by atoms with Gasteiger partial charge in [-0.05, 0) is 24.2 Å². The Kier molecular flexibility index (Phi) is 4.75. The van der Waals surface area contributed by atoms with Crippen molar-refractivity contribution in [2.75, 3.05) is 19.6 Å². The van der Waals surface area contributed by atoms with E-state index in [1.807, 2.05) is 0 Å². The zero-order valence-electron chi connectivity index (χ0n) is 13.1. The van der Waals surface area contributed by atoms with Gasteiger partial charge in [0, 0.05) is 25.8 Å². The molecule has 2 N–H and O–H groups in total. The van der Waals surface area contributed by atoms with Gasteiger partial charge < -0.3 is 5.73 Å². The van der Waals surface area contributed by atoms with E-state index >= 15 is 0 Å². The van der Waals surface area contributed by atoms with E-state index in [1.165, 1.54) is 6.20 Å². The quantitative estimate of drug-likeness (QED) is 0.908. The van der Waals surface area contributed by atoms with Crippen molar-refractivity contribution in [1.82, 2.24) is 14.1 Å². The lowest BCUT2D eigenvalue weighted by Gasteiger charge is -2.38. The summed E-state index contributed by atoms with van der Waals surface area (Å²) < 4.78 is 28.4. The summed E-state index contributed by atoms with van der Waals surface area (Å²) in [5.41, 5.74) is 5.69. The van der Waals surface area contributed by atoms with Crippen LogP contribution in [0.2, 0.25) is 0 Å². The minimum atomic E-state index is -3.42.